The maximum atomic E-state index is 12.6. The van der Waals surface area contributed by atoms with Gasteiger partial charge >= 0.3 is 5.69 Å². The summed E-state index contributed by atoms with van der Waals surface area (Å²) >= 11 is 5.75. The number of hydrogen-bond acceptors (Lipinski definition) is 5. The van der Waals surface area contributed by atoms with Crippen molar-refractivity contribution in [2.24, 2.45) is 5.92 Å². The van der Waals surface area contributed by atoms with Gasteiger partial charge in [0.15, 0.2) is 0 Å². The number of amides is 1. The van der Waals surface area contributed by atoms with Crippen LogP contribution >= 0.6 is 11.6 Å². The van der Waals surface area contributed by atoms with Gasteiger partial charge < -0.3 is 9.80 Å². The SMILES string of the molecule is CC1CN(C(=O)c2ccnc(Cl)c2[N+](=O)[O-])CC1N(C)C. The average Bonchev–Trinajstić information content (AvgIpc) is 2.79. The van der Waals surface area contributed by atoms with Gasteiger partial charge in [0, 0.05) is 25.3 Å². The van der Waals surface area contributed by atoms with Gasteiger partial charge in [0.2, 0.25) is 5.15 Å². The number of likely N-dealkylation sites (N-methyl/N-ethyl adjacent to an activating group) is 1. The third kappa shape index (κ3) is 2.98. The van der Waals surface area contributed by atoms with Crippen molar-refractivity contribution in [2.75, 3.05) is 27.2 Å². The van der Waals surface area contributed by atoms with Gasteiger partial charge in [-0.3, -0.25) is 14.9 Å². The second kappa shape index (κ2) is 5.95. The van der Waals surface area contributed by atoms with Crippen molar-refractivity contribution in [1.29, 1.82) is 0 Å². The molecule has 21 heavy (non-hydrogen) atoms. The first-order valence-electron chi connectivity index (χ1n) is 6.57. The van der Waals surface area contributed by atoms with Crippen LogP contribution in [0.25, 0.3) is 0 Å². The molecule has 2 heterocycles. The van der Waals surface area contributed by atoms with Crippen molar-refractivity contribution in [3.8, 4) is 0 Å². The summed E-state index contributed by atoms with van der Waals surface area (Å²) in [6.45, 7) is 3.18. The highest BCUT2D eigenvalue weighted by Gasteiger charge is 2.36. The molecule has 2 rings (SSSR count). The van der Waals surface area contributed by atoms with Crippen LogP contribution < -0.4 is 0 Å². The van der Waals surface area contributed by atoms with Gasteiger partial charge in [0.1, 0.15) is 5.56 Å². The lowest BCUT2D eigenvalue weighted by Crippen LogP contribution is -2.36. The Morgan fingerprint density at radius 3 is 2.71 bits per heavy atom. The molecule has 1 amide bonds. The number of nitro groups is 1. The van der Waals surface area contributed by atoms with Gasteiger partial charge in [-0.1, -0.05) is 18.5 Å². The summed E-state index contributed by atoms with van der Waals surface area (Å²) in [7, 11) is 3.92. The number of aromatic nitrogens is 1. The Balaban J connectivity index is 2.30. The largest absolute Gasteiger partial charge is 0.337 e. The Kier molecular flexibility index (Phi) is 4.43. The molecule has 0 spiro atoms. The van der Waals surface area contributed by atoms with Gasteiger partial charge in [0.25, 0.3) is 5.91 Å². The highest BCUT2D eigenvalue weighted by Crippen LogP contribution is 2.29. The molecule has 1 aromatic rings. The molecule has 0 bridgehead atoms. The average molecular weight is 313 g/mol. The van der Waals surface area contributed by atoms with E-state index in [0.29, 0.717) is 19.0 Å². The van der Waals surface area contributed by atoms with Crippen LogP contribution in [0.4, 0.5) is 5.69 Å². The summed E-state index contributed by atoms with van der Waals surface area (Å²) in [6.07, 6.45) is 1.31. The Bertz CT molecular complexity index is 579. The third-order valence-electron chi connectivity index (χ3n) is 3.82. The smallest absolute Gasteiger partial charge is 0.319 e. The Hall–Kier alpha value is -1.73. The number of nitrogens with zero attached hydrogens (tertiary/aromatic N) is 4. The minimum atomic E-state index is -0.661. The van der Waals surface area contributed by atoms with E-state index in [1.54, 1.807) is 4.90 Å². The van der Waals surface area contributed by atoms with Crippen LogP contribution in [0.5, 0.6) is 0 Å². The molecule has 7 nitrogen and oxygen atoms in total. The molecule has 0 saturated carbocycles. The van der Waals surface area contributed by atoms with Crippen molar-refractivity contribution in [3.63, 3.8) is 0 Å². The van der Waals surface area contributed by atoms with Gasteiger partial charge in [-0.2, -0.15) is 0 Å². The minimum absolute atomic E-state index is 0.00777. The van der Waals surface area contributed by atoms with Crippen molar-refractivity contribution < 1.29 is 9.72 Å². The molecule has 1 saturated heterocycles. The van der Waals surface area contributed by atoms with Gasteiger partial charge in [-0.25, -0.2) is 4.98 Å². The first kappa shape index (κ1) is 15.7. The van der Waals surface area contributed by atoms with Crippen LogP contribution in [0.3, 0.4) is 0 Å². The standard InChI is InChI=1S/C13H17ClN4O3/c1-8-6-17(7-10(8)16(2)3)13(19)9-4-5-15-12(14)11(9)18(20)21/h4-5,8,10H,6-7H2,1-3H3. The maximum absolute atomic E-state index is 12.6. The van der Waals surface area contributed by atoms with Crippen molar-refractivity contribution in [2.45, 2.75) is 13.0 Å². The van der Waals surface area contributed by atoms with E-state index in [0.717, 1.165) is 0 Å². The van der Waals surface area contributed by atoms with Crippen molar-refractivity contribution in [1.82, 2.24) is 14.8 Å². The van der Waals surface area contributed by atoms with Crippen LogP contribution in [0.1, 0.15) is 17.3 Å². The second-order valence-electron chi connectivity index (χ2n) is 5.47. The molecule has 0 radical (unpaired) electrons. The van der Waals surface area contributed by atoms with Crippen LogP contribution in [0.15, 0.2) is 12.3 Å². The number of carbonyl (C=O) groups excluding carboxylic acids is 1. The highest BCUT2D eigenvalue weighted by atomic mass is 35.5. The van der Waals surface area contributed by atoms with Crippen LogP contribution in [0.2, 0.25) is 5.15 Å². The molecule has 0 aliphatic carbocycles. The van der Waals surface area contributed by atoms with Gasteiger partial charge in [-0.05, 0) is 26.1 Å². The first-order chi connectivity index (χ1) is 9.82. The fraction of sp³-hybridized carbons (Fsp3) is 0.538. The maximum Gasteiger partial charge on any atom is 0.319 e. The number of hydrogen-bond donors (Lipinski definition) is 0. The van der Waals surface area contributed by atoms with E-state index in [1.807, 2.05) is 14.1 Å². The molecular formula is C13H17ClN4O3. The normalized spacial score (nSPS) is 21.9. The third-order valence-corrected chi connectivity index (χ3v) is 4.09. The molecule has 114 valence electrons. The van der Waals surface area contributed by atoms with E-state index in [4.69, 9.17) is 11.6 Å². The lowest BCUT2D eigenvalue weighted by Gasteiger charge is -2.22. The van der Waals surface area contributed by atoms with E-state index in [9.17, 15) is 14.9 Å². The van der Waals surface area contributed by atoms with Gasteiger partial charge in [0.05, 0.1) is 4.92 Å². The molecule has 1 aliphatic heterocycles. The molecule has 0 aromatic carbocycles. The number of pyridine rings is 1. The van der Waals surface area contributed by atoms with Crippen LogP contribution in [-0.4, -0.2) is 58.8 Å². The van der Waals surface area contributed by atoms with E-state index >= 15 is 0 Å². The predicted octanol–water partition coefficient (Wildman–Crippen LogP) is 1.67. The fourth-order valence-corrected chi connectivity index (χ4v) is 2.96. The summed E-state index contributed by atoms with van der Waals surface area (Å²) < 4.78 is 0. The molecule has 2 unspecified atom stereocenters. The fourth-order valence-electron chi connectivity index (χ4n) is 2.73. The second-order valence-corrected chi connectivity index (χ2v) is 5.83. The zero-order chi connectivity index (χ0) is 15.7. The Morgan fingerprint density at radius 1 is 1.52 bits per heavy atom. The number of halogens is 1. The van der Waals surface area contributed by atoms with E-state index < -0.39 is 10.6 Å². The zero-order valence-corrected chi connectivity index (χ0v) is 12.9. The quantitative estimate of drug-likeness (QED) is 0.482. The predicted molar refractivity (Wildman–Crippen MR) is 78.4 cm³/mol. The van der Waals surface area contributed by atoms with E-state index in [1.165, 1.54) is 12.3 Å². The number of likely N-dealkylation sites (tertiary alicyclic amines) is 1. The molecule has 1 fully saturated rings. The number of rotatable bonds is 3. The first-order valence-corrected chi connectivity index (χ1v) is 6.95. The molecular weight excluding hydrogens is 296 g/mol. The van der Waals surface area contributed by atoms with Crippen molar-refractivity contribution >= 4 is 23.2 Å². The molecule has 0 N–H and O–H groups in total. The monoisotopic (exact) mass is 312 g/mol. The summed E-state index contributed by atoms with van der Waals surface area (Å²) in [5, 5.41) is 10.8. The van der Waals surface area contributed by atoms with Gasteiger partial charge in [-0.15, -0.1) is 0 Å². The molecule has 8 heteroatoms. The van der Waals surface area contributed by atoms with E-state index in [-0.39, 0.29) is 22.7 Å². The number of carbonyl (C=O) groups is 1. The lowest BCUT2D eigenvalue weighted by atomic mass is 10.1. The topological polar surface area (TPSA) is 79.6 Å². The molecule has 1 aromatic heterocycles. The van der Waals surface area contributed by atoms with Crippen LogP contribution in [0, 0.1) is 16.0 Å². The van der Waals surface area contributed by atoms with E-state index in [2.05, 4.69) is 16.8 Å². The molecule has 1 aliphatic rings. The minimum Gasteiger partial charge on any atom is -0.337 e. The summed E-state index contributed by atoms with van der Waals surface area (Å²) in [6, 6.07) is 1.59. The Morgan fingerprint density at radius 2 is 2.19 bits per heavy atom. The summed E-state index contributed by atoms with van der Waals surface area (Å²) in [4.78, 5) is 30.4. The highest BCUT2D eigenvalue weighted by molar-refractivity contribution is 6.32. The zero-order valence-electron chi connectivity index (χ0n) is 12.1. The Labute approximate surface area is 127 Å². The summed E-state index contributed by atoms with van der Waals surface area (Å²) in [5.74, 6) is -0.0671. The summed E-state index contributed by atoms with van der Waals surface area (Å²) in [5.41, 5.74) is -0.434. The lowest BCUT2D eigenvalue weighted by molar-refractivity contribution is -0.385. The van der Waals surface area contributed by atoms with Crippen molar-refractivity contribution in [3.05, 3.63) is 33.1 Å². The molecule has 2 atom stereocenters. The van der Waals surface area contributed by atoms with Crippen LogP contribution in [-0.2, 0) is 0 Å².